The molecule has 7 heteroatoms. The number of nitrogens with zero attached hydrogens (tertiary/aromatic N) is 3. The lowest BCUT2D eigenvalue weighted by molar-refractivity contribution is 0.0593. The number of hydrogen-bond donors (Lipinski definition) is 1. The number of halogens is 1. The molecule has 1 heterocycles. The minimum absolute atomic E-state index is 0.0311. The first-order chi connectivity index (χ1) is 10.0. The summed E-state index contributed by atoms with van der Waals surface area (Å²) in [5.74, 6) is -1.53. The van der Waals surface area contributed by atoms with Gasteiger partial charge in [0.2, 0.25) is 0 Å². The van der Waals surface area contributed by atoms with Crippen molar-refractivity contribution >= 4 is 11.7 Å². The molecular weight excluding hydrogens is 275 g/mol. The Bertz CT molecular complexity index is 812. The fourth-order valence-corrected chi connectivity index (χ4v) is 1.93. The summed E-state index contributed by atoms with van der Waals surface area (Å²) < 4.78 is 19.5. The molecule has 0 bridgehead atoms. The Morgan fingerprint density at radius 1 is 1.38 bits per heavy atom. The Hall–Kier alpha value is -3.32. The predicted molar refractivity (Wildman–Crippen MR) is 70.9 cm³/mol. The summed E-state index contributed by atoms with van der Waals surface area (Å²) in [6.45, 7) is 0. The molecule has 0 amide bonds. The monoisotopic (exact) mass is 284 g/mol. The first-order valence-corrected chi connectivity index (χ1v) is 5.73. The van der Waals surface area contributed by atoms with Gasteiger partial charge in [-0.3, -0.25) is 0 Å². The second-order valence-electron chi connectivity index (χ2n) is 4.02. The van der Waals surface area contributed by atoms with Crippen LogP contribution < -0.4 is 5.73 Å². The largest absolute Gasteiger partial charge is 0.464 e. The number of rotatable bonds is 2. The molecule has 0 saturated carbocycles. The Balaban J connectivity index is 2.83. The number of ether oxygens (including phenoxy) is 1. The van der Waals surface area contributed by atoms with Crippen molar-refractivity contribution in [1.29, 1.82) is 10.5 Å². The summed E-state index contributed by atoms with van der Waals surface area (Å²) in [5.41, 5.74) is 5.40. The highest BCUT2D eigenvalue weighted by atomic mass is 19.1. The van der Waals surface area contributed by atoms with Crippen molar-refractivity contribution in [3.8, 4) is 17.8 Å². The van der Waals surface area contributed by atoms with Gasteiger partial charge in [0.1, 0.15) is 23.5 Å². The third kappa shape index (κ3) is 2.17. The van der Waals surface area contributed by atoms with Gasteiger partial charge in [0.05, 0.1) is 24.0 Å². The minimum atomic E-state index is -0.790. The van der Waals surface area contributed by atoms with E-state index in [9.17, 15) is 9.18 Å². The van der Waals surface area contributed by atoms with E-state index in [4.69, 9.17) is 16.3 Å². The van der Waals surface area contributed by atoms with E-state index in [2.05, 4.69) is 4.74 Å². The highest BCUT2D eigenvalue weighted by Crippen LogP contribution is 2.27. The maximum absolute atomic E-state index is 13.7. The van der Waals surface area contributed by atoms with E-state index >= 15 is 0 Å². The van der Waals surface area contributed by atoms with Crippen molar-refractivity contribution in [1.82, 2.24) is 4.57 Å². The number of nitriles is 2. The SMILES string of the molecule is COC(=O)c1c(N)c(C#N)cn1-c1cccc(F)c1C#N. The van der Waals surface area contributed by atoms with Crippen LogP contribution in [0, 0.1) is 28.5 Å². The lowest BCUT2D eigenvalue weighted by atomic mass is 10.1. The number of aromatic nitrogens is 1. The van der Waals surface area contributed by atoms with Crippen molar-refractivity contribution < 1.29 is 13.9 Å². The van der Waals surface area contributed by atoms with Gasteiger partial charge in [-0.1, -0.05) is 6.07 Å². The molecule has 0 aliphatic heterocycles. The third-order valence-corrected chi connectivity index (χ3v) is 2.91. The first-order valence-electron chi connectivity index (χ1n) is 5.73. The molecule has 0 saturated heterocycles. The van der Waals surface area contributed by atoms with Gasteiger partial charge < -0.3 is 15.0 Å². The van der Waals surface area contributed by atoms with Crippen molar-refractivity contribution in [3.63, 3.8) is 0 Å². The molecule has 6 nitrogen and oxygen atoms in total. The van der Waals surface area contributed by atoms with Crippen LogP contribution in [-0.2, 0) is 4.74 Å². The van der Waals surface area contributed by atoms with E-state index < -0.39 is 11.8 Å². The summed E-state index contributed by atoms with van der Waals surface area (Å²) >= 11 is 0. The number of nitrogen functional groups attached to an aromatic ring is 1. The van der Waals surface area contributed by atoms with Crippen LogP contribution in [0.5, 0.6) is 0 Å². The van der Waals surface area contributed by atoms with Gasteiger partial charge in [0.25, 0.3) is 0 Å². The molecule has 1 aromatic carbocycles. The zero-order valence-electron chi connectivity index (χ0n) is 10.9. The van der Waals surface area contributed by atoms with Gasteiger partial charge in [-0.2, -0.15) is 10.5 Å². The fourth-order valence-electron chi connectivity index (χ4n) is 1.93. The van der Waals surface area contributed by atoms with Crippen LogP contribution in [0.4, 0.5) is 10.1 Å². The van der Waals surface area contributed by atoms with Crippen LogP contribution in [0.15, 0.2) is 24.4 Å². The molecule has 0 radical (unpaired) electrons. The second kappa shape index (κ2) is 5.35. The van der Waals surface area contributed by atoms with Crippen LogP contribution in [0.3, 0.4) is 0 Å². The van der Waals surface area contributed by atoms with Crippen molar-refractivity contribution in [2.75, 3.05) is 12.8 Å². The lowest BCUT2D eigenvalue weighted by Crippen LogP contribution is -2.12. The normalized spacial score (nSPS) is 9.71. The van der Waals surface area contributed by atoms with Crippen molar-refractivity contribution in [2.45, 2.75) is 0 Å². The highest BCUT2D eigenvalue weighted by molar-refractivity contribution is 5.96. The molecule has 1 aromatic heterocycles. The molecule has 2 N–H and O–H groups in total. The average Bonchev–Trinajstić information content (AvgIpc) is 2.82. The molecule has 0 aliphatic rings. The van der Waals surface area contributed by atoms with E-state index in [-0.39, 0.29) is 28.2 Å². The zero-order valence-corrected chi connectivity index (χ0v) is 10.9. The number of carbonyl (C=O) groups excluding carboxylic acids is 1. The van der Waals surface area contributed by atoms with Gasteiger partial charge in [0.15, 0.2) is 5.69 Å². The third-order valence-electron chi connectivity index (χ3n) is 2.91. The molecule has 21 heavy (non-hydrogen) atoms. The number of carbonyl (C=O) groups is 1. The summed E-state index contributed by atoms with van der Waals surface area (Å²) in [4.78, 5) is 11.8. The molecule has 2 aromatic rings. The molecule has 0 fully saturated rings. The van der Waals surface area contributed by atoms with Crippen LogP contribution in [0.25, 0.3) is 5.69 Å². The molecular formula is C14H9FN4O2. The lowest BCUT2D eigenvalue weighted by Gasteiger charge is -2.10. The number of benzene rings is 1. The molecule has 0 unspecified atom stereocenters. The van der Waals surface area contributed by atoms with Crippen molar-refractivity contribution in [3.05, 3.63) is 47.0 Å². The number of hydrogen-bond acceptors (Lipinski definition) is 5. The van der Waals surface area contributed by atoms with Gasteiger partial charge in [0, 0.05) is 6.20 Å². The van der Waals surface area contributed by atoms with E-state index in [1.54, 1.807) is 6.07 Å². The maximum atomic E-state index is 13.7. The van der Waals surface area contributed by atoms with E-state index in [0.717, 1.165) is 13.2 Å². The molecule has 2 rings (SSSR count). The van der Waals surface area contributed by atoms with E-state index in [0.29, 0.717) is 0 Å². The van der Waals surface area contributed by atoms with Crippen LogP contribution >= 0.6 is 0 Å². The summed E-state index contributed by atoms with van der Waals surface area (Å²) in [7, 11) is 1.15. The van der Waals surface area contributed by atoms with Crippen LogP contribution in [0.2, 0.25) is 0 Å². The minimum Gasteiger partial charge on any atom is -0.464 e. The smallest absolute Gasteiger partial charge is 0.357 e. The topological polar surface area (TPSA) is 105 Å². The first kappa shape index (κ1) is 14.1. The summed E-state index contributed by atoms with van der Waals surface area (Å²) in [6, 6.07) is 7.49. The van der Waals surface area contributed by atoms with Crippen LogP contribution in [0.1, 0.15) is 21.6 Å². The number of anilines is 1. The molecule has 0 spiro atoms. The average molecular weight is 284 g/mol. The fraction of sp³-hybridized carbons (Fsp3) is 0.0714. The molecule has 0 atom stereocenters. The summed E-state index contributed by atoms with van der Waals surface area (Å²) in [5, 5.41) is 18.1. The summed E-state index contributed by atoms with van der Waals surface area (Å²) in [6.07, 6.45) is 1.26. The zero-order chi connectivity index (χ0) is 15.6. The Labute approximate surface area is 119 Å². The standard InChI is InChI=1S/C14H9FN4O2/c1-21-14(20)13-12(18)8(5-16)7-19(13)11-4-2-3-10(15)9(11)6-17/h2-4,7H,18H2,1H3. The maximum Gasteiger partial charge on any atom is 0.357 e. The Kier molecular flexibility index (Phi) is 3.59. The predicted octanol–water partition coefficient (Wildman–Crippen LogP) is 1.73. The van der Waals surface area contributed by atoms with Gasteiger partial charge in [-0.25, -0.2) is 9.18 Å². The van der Waals surface area contributed by atoms with E-state index in [1.165, 1.54) is 22.9 Å². The van der Waals surface area contributed by atoms with Gasteiger partial charge in [-0.15, -0.1) is 0 Å². The Morgan fingerprint density at radius 2 is 2.10 bits per heavy atom. The van der Waals surface area contributed by atoms with Gasteiger partial charge in [-0.05, 0) is 12.1 Å². The number of nitrogens with two attached hydrogens (primary N) is 1. The number of esters is 1. The van der Waals surface area contributed by atoms with Gasteiger partial charge >= 0.3 is 5.97 Å². The van der Waals surface area contributed by atoms with Crippen molar-refractivity contribution in [2.24, 2.45) is 0 Å². The molecule has 0 aliphatic carbocycles. The Morgan fingerprint density at radius 3 is 2.67 bits per heavy atom. The number of methoxy groups -OCH3 is 1. The van der Waals surface area contributed by atoms with Crippen LogP contribution in [-0.4, -0.2) is 17.6 Å². The van der Waals surface area contributed by atoms with E-state index in [1.807, 2.05) is 6.07 Å². The quantitative estimate of drug-likeness (QED) is 0.845. The second-order valence-corrected chi connectivity index (χ2v) is 4.02. The molecule has 104 valence electrons. The highest BCUT2D eigenvalue weighted by Gasteiger charge is 2.23.